The molecule has 3 heterocycles. The predicted octanol–water partition coefficient (Wildman–Crippen LogP) is 6.18. The van der Waals surface area contributed by atoms with Gasteiger partial charge in [-0.3, -0.25) is 9.48 Å². The molecule has 1 saturated heterocycles. The summed E-state index contributed by atoms with van der Waals surface area (Å²) < 4.78 is 19.4. The lowest BCUT2D eigenvalue weighted by Gasteiger charge is -2.36. The first-order valence-electron chi connectivity index (χ1n) is 14.4. The average Bonchev–Trinajstić information content (AvgIpc) is 3.42. The number of carboxylic acid groups (broad SMARTS) is 1. The van der Waals surface area contributed by atoms with Crippen molar-refractivity contribution in [3.05, 3.63) is 89.3 Å². The van der Waals surface area contributed by atoms with Crippen LogP contribution in [0.1, 0.15) is 89.3 Å². The molecule has 212 valence electrons. The van der Waals surface area contributed by atoms with Crippen molar-refractivity contribution in [2.45, 2.75) is 63.3 Å². The number of halogens is 1. The second-order valence-corrected chi connectivity index (χ2v) is 11.2. The van der Waals surface area contributed by atoms with Gasteiger partial charge in [0.15, 0.2) is 0 Å². The maximum Gasteiger partial charge on any atom is 0.339 e. The van der Waals surface area contributed by atoms with Crippen LogP contribution in [-0.2, 0) is 7.05 Å². The average molecular weight is 556 g/mol. The maximum absolute atomic E-state index is 16.0. The minimum Gasteiger partial charge on any atom is -0.478 e. The molecule has 3 unspecified atom stereocenters. The second-order valence-electron chi connectivity index (χ2n) is 11.2. The third-order valence-electron chi connectivity index (χ3n) is 8.47. The summed E-state index contributed by atoms with van der Waals surface area (Å²) in [5.41, 5.74) is 3.49. The molecule has 41 heavy (non-hydrogen) atoms. The van der Waals surface area contributed by atoms with Crippen molar-refractivity contribution in [1.82, 2.24) is 24.5 Å². The summed E-state index contributed by atoms with van der Waals surface area (Å²) >= 11 is 0. The van der Waals surface area contributed by atoms with Crippen molar-refractivity contribution in [3.63, 3.8) is 0 Å². The van der Waals surface area contributed by atoms with Crippen LogP contribution < -0.4 is 0 Å². The number of rotatable bonds is 8. The molecule has 9 heteroatoms. The fourth-order valence-corrected chi connectivity index (χ4v) is 6.36. The Morgan fingerprint density at radius 3 is 2.63 bits per heavy atom. The van der Waals surface area contributed by atoms with E-state index in [1.54, 1.807) is 45.8 Å². The number of hydrogen-bond donors (Lipinski definition) is 1. The monoisotopic (exact) mass is 555 g/mol. The largest absolute Gasteiger partial charge is 0.478 e. The number of piperidine rings is 1. The van der Waals surface area contributed by atoms with E-state index in [1.807, 2.05) is 30.4 Å². The number of aryl methyl sites for hydroxylation is 1. The first-order chi connectivity index (χ1) is 19.9. The van der Waals surface area contributed by atoms with E-state index in [0.717, 1.165) is 44.1 Å². The Hall–Kier alpha value is -4.27. The zero-order valence-corrected chi connectivity index (χ0v) is 23.3. The van der Waals surface area contributed by atoms with Crippen molar-refractivity contribution >= 4 is 11.9 Å². The lowest BCUT2D eigenvalue weighted by atomic mass is 9.96. The summed E-state index contributed by atoms with van der Waals surface area (Å²) in [4.78, 5) is 27.5. The van der Waals surface area contributed by atoms with E-state index in [-0.39, 0.29) is 34.9 Å². The molecule has 1 aliphatic carbocycles. The van der Waals surface area contributed by atoms with Crippen LogP contribution in [0, 0.1) is 5.82 Å². The first-order valence-corrected chi connectivity index (χ1v) is 14.4. The van der Waals surface area contributed by atoms with Gasteiger partial charge in [-0.25, -0.2) is 13.9 Å². The number of likely N-dealkylation sites (tertiary alicyclic amines) is 1. The van der Waals surface area contributed by atoms with E-state index in [4.69, 9.17) is 0 Å². The topological polar surface area (TPSA) is 93.2 Å². The predicted molar refractivity (Wildman–Crippen MR) is 153 cm³/mol. The molecule has 0 spiro atoms. The molecule has 1 N–H and O–H groups in total. The molecule has 6 rings (SSSR count). The smallest absolute Gasteiger partial charge is 0.339 e. The minimum absolute atomic E-state index is 0.0187. The molecular weight excluding hydrogens is 521 g/mol. The van der Waals surface area contributed by atoms with Gasteiger partial charge in [0.1, 0.15) is 11.4 Å². The summed E-state index contributed by atoms with van der Waals surface area (Å²) in [5, 5.41) is 18.6. The maximum atomic E-state index is 16.0. The van der Waals surface area contributed by atoms with Gasteiger partial charge in [0.2, 0.25) is 0 Å². The third-order valence-corrected chi connectivity index (χ3v) is 8.47. The molecule has 0 bridgehead atoms. The highest BCUT2D eigenvalue weighted by molar-refractivity contribution is 5.96. The van der Waals surface area contributed by atoms with Crippen LogP contribution in [0.25, 0.3) is 16.8 Å². The molecule has 1 saturated carbocycles. The number of nitrogens with zero attached hydrogens (tertiary/aromatic N) is 5. The van der Waals surface area contributed by atoms with Crippen LogP contribution >= 0.6 is 0 Å². The Morgan fingerprint density at radius 1 is 1.05 bits per heavy atom. The van der Waals surface area contributed by atoms with Gasteiger partial charge >= 0.3 is 5.97 Å². The molecule has 4 aromatic rings. The highest BCUT2D eigenvalue weighted by Gasteiger charge is 2.45. The summed E-state index contributed by atoms with van der Waals surface area (Å²) in [5.74, 6) is -1.69. The SMILES string of the molecule is CCCC1CCCCN1C(=O)c1cccc(-c2cccc(-n3ncc(C(=O)O)c3C3CC3c3cnn(C)c3)c2)c1F. The van der Waals surface area contributed by atoms with Gasteiger partial charge in [-0.2, -0.15) is 10.2 Å². The van der Waals surface area contributed by atoms with Crippen molar-refractivity contribution in [2.75, 3.05) is 6.54 Å². The van der Waals surface area contributed by atoms with Crippen molar-refractivity contribution in [3.8, 4) is 16.8 Å². The van der Waals surface area contributed by atoms with Crippen LogP contribution in [0.15, 0.2) is 61.1 Å². The fourth-order valence-electron chi connectivity index (χ4n) is 6.36. The number of hydrogen-bond acceptors (Lipinski definition) is 4. The van der Waals surface area contributed by atoms with Crippen LogP contribution in [0.5, 0.6) is 0 Å². The second kappa shape index (κ2) is 11.0. The van der Waals surface area contributed by atoms with Gasteiger partial charge in [0.25, 0.3) is 5.91 Å². The molecule has 8 nitrogen and oxygen atoms in total. The van der Waals surface area contributed by atoms with E-state index in [9.17, 15) is 14.7 Å². The Kier molecular flexibility index (Phi) is 7.19. The Morgan fingerprint density at radius 2 is 1.88 bits per heavy atom. The fraction of sp³-hybridized carbons (Fsp3) is 0.375. The van der Waals surface area contributed by atoms with Crippen LogP contribution in [0.4, 0.5) is 4.39 Å². The van der Waals surface area contributed by atoms with E-state index in [2.05, 4.69) is 17.1 Å². The first kappa shape index (κ1) is 26.9. The number of benzene rings is 2. The summed E-state index contributed by atoms with van der Waals surface area (Å²) in [6.45, 7) is 2.76. The number of carbonyl (C=O) groups excluding carboxylic acids is 1. The summed E-state index contributed by atoms with van der Waals surface area (Å²) in [7, 11) is 1.86. The lowest BCUT2D eigenvalue weighted by Crippen LogP contribution is -2.44. The molecule has 0 radical (unpaired) electrons. The molecule has 2 aromatic carbocycles. The van der Waals surface area contributed by atoms with Gasteiger partial charge in [0, 0.05) is 37.3 Å². The van der Waals surface area contributed by atoms with Gasteiger partial charge < -0.3 is 10.0 Å². The molecule has 2 aliphatic rings. The van der Waals surface area contributed by atoms with Gasteiger partial charge in [-0.1, -0.05) is 37.6 Å². The molecule has 2 aromatic heterocycles. The summed E-state index contributed by atoms with van der Waals surface area (Å²) in [6, 6.07) is 12.4. The van der Waals surface area contributed by atoms with E-state index in [0.29, 0.717) is 29.1 Å². The highest BCUT2D eigenvalue weighted by Crippen LogP contribution is 2.55. The molecule has 1 aliphatic heterocycles. The van der Waals surface area contributed by atoms with Crippen molar-refractivity contribution in [1.29, 1.82) is 0 Å². The number of amides is 1. The molecule has 2 fully saturated rings. The number of aromatic nitrogens is 4. The van der Waals surface area contributed by atoms with Gasteiger partial charge in [-0.15, -0.1) is 0 Å². The van der Waals surface area contributed by atoms with Crippen molar-refractivity contribution in [2.24, 2.45) is 7.05 Å². The Bertz CT molecular complexity index is 1610. The molecule has 3 atom stereocenters. The van der Waals surface area contributed by atoms with Crippen LogP contribution in [-0.4, -0.2) is 54.0 Å². The molecule has 1 amide bonds. The lowest BCUT2D eigenvalue weighted by molar-refractivity contribution is 0.0595. The standard InChI is InChI=1S/C32H34FN5O3/c1-3-8-22-10-4-5-14-37(22)31(39)25-13-7-12-24(29(25)33)20-9-6-11-23(15-20)38-30(28(18-35-38)32(40)41)27-16-26(27)21-17-34-36(2)19-21/h6-7,9,11-13,15,17-19,22,26-27H,3-5,8,10,14,16H2,1-2H3,(H,40,41). The van der Waals surface area contributed by atoms with E-state index in [1.165, 1.54) is 6.20 Å². The number of carboxylic acids is 1. The van der Waals surface area contributed by atoms with E-state index < -0.39 is 11.8 Å². The third kappa shape index (κ3) is 5.05. The quantitative estimate of drug-likeness (QED) is 0.280. The number of carbonyl (C=O) groups is 2. The van der Waals surface area contributed by atoms with Crippen molar-refractivity contribution < 1.29 is 19.1 Å². The molecular formula is C32H34FN5O3. The number of aromatic carboxylic acids is 1. The highest BCUT2D eigenvalue weighted by atomic mass is 19.1. The zero-order valence-electron chi connectivity index (χ0n) is 23.3. The summed E-state index contributed by atoms with van der Waals surface area (Å²) in [6.07, 6.45) is 10.8. The Labute approximate surface area is 238 Å². The van der Waals surface area contributed by atoms with Gasteiger partial charge in [-0.05, 0) is 67.3 Å². The Balaban J connectivity index is 1.34. The zero-order chi connectivity index (χ0) is 28.7. The van der Waals surface area contributed by atoms with Crippen LogP contribution in [0.2, 0.25) is 0 Å². The van der Waals surface area contributed by atoms with Gasteiger partial charge in [0.05, 0.1) is 29.3 Å². The van der Waals surface area contributed by atoms with Crippen LogP contribution in [0.3, 0.4) is 0 Å². The van der Waals surface area contributed by atoms with E-state index >= 15 is 4.39 Å². The normalized spacial score (nSPS) is 20.3. The minimum atomic E-state index is -1.03.